The van der Waals surface area contributed by atoms with E-state index in [0.29, 0.717) is 18.5 Å². The van der Waals surface area contributed by atoms with E-state index in [4.69, 9.17) is 10.5 Å². The molecule has 0 saturated carbocycles. The molecule has 0 bridgehead atoms. The lowest BCUT2D eigenvalue weighted by Gasteiger charge is -2.19. The van der Waals surface area contributed by atoms with Crippen molar-refractivity contribution in [1.29, 1.82) is 0 Å². The predicted molar refractivity (Wildman–Crippen MR) is 72.6 cm³/mol. The Morgan fingerprint density at radius 3 is 3.00 bits per heavy atom. The van der Waals surface area contributed by atoms with Gasteiger partial charge in [-0.3, -0.25) is 0 Å². The lowest BCUT2D eigenvalue weighted by atomic mass is 10.1. The van der Waals surface area contributed by atoms with E-state index in [9.17, 15) is 0 Å². The first kappa shape index (κ1) is 13.3. The Hall–Kier alpha value is -1.13. The summed E-state index contributed by atoms with van der Waals surface area (Å²) < 4.78 is 5.80. The minimum absolute atomic E-state index is 0.478. The minimum atomic E-state index is 0.478. The van der Waals surface area contributed by atoms with Crippen LogP contribution in [0.4, 0.5) is 0 Å². The summed E-state index contributed by atoms with van der Waals surface area (Å²) in [6, 6.07) is 4.63. The fourth-order valence-corrected chi connectivity index (χ4v) is 2.48. The molecule has 2 rings (SSSR count). The van der Waals surface area contributed by atoms with Gasteiger partial charge in [0, 0.05) is 23.8 Å². The summed E-state index contributed by atoms with van der Waals surface area (Å²) in [4.78, 5) is 6.82. The molecule has 2 heterocycles. The highest BCUT2D eigenvalue weighted by Crippen LogP contribution is 2.20. The van der Waals surface area contributed by atoms with E-state index in [1.54, 1.807) is 0 Å². The molecule has 0 radical (unpaired) electrons. The molecular weight excluding hydrogens is 226 g/mol. The van der Waals surface area contributed by atoms with Gasteiger partial charge < -0.3 is 15.4 Å². The van der Waals surface area contributed by atoms with Crippen LogP contribution < -0.4 is 10.5 Å². The van der Waals surface area contributed by atoms with E-state index < -0.39 is 0 Å². The van der Waals surface area contributed by atoms with Crippen LogP contribution in [0.1, 0.15) is 30.5 Å². The Labute approximate surface area is 109 Å². The van der Waals surface area contributed by atoms with Crippen LogP contribution in [0.5, 0.6) is 5.88 Å². The van der Waals surface area contributed by atoms with Crippen molar-refractivity contribution in [3.8, 4) is 5.88 Å². The molecule has 100 valence electrons. The molecule has 1 aliphatic rings. The molecule has 0 aromatic carbocycles. The highest BCUT2D eigenvalue weighted by Gasteiger charge is 2.20. The Bertz CT molecular complexity index is 395. The molecule has 1 fully saturated rings. The SMILES string of the molecule is Cc1ccc(CN)c(OCCC2CCCN2C)n1. The van der Waals surface area contributed by atoms with Crippen molar-refractivity contribution >= 4 is 0 Å². The second kappa shape index (κ2) is 6.16. The molecule has 1 atom stereocenters. The number of aromatic nitrogens is 1. The fraction of sp³-hybridized carbons (Fsp3) is 0.643. The van der Waals surface area contributed by atoms with Crippen molar-refractivity contribution in [3.05, 3.63) is 23.4 Å². The average Bonchev–Trinajstić information content (AvgIpc) is 2.76. The maximum atomic E-state index is 5.80. The van der Waals surface area contributed by atoms with Crippen LogP contribution in [0.2, 0.25) is 0 Å². The molecule has 4 nitrogen and oxygen atoms in total. The number of nitrogens with two attached hydrogens (primary N) is 1. The van der Waals surface area contributed by atoms with Crippen LogP contribution in [0.25, 0.3) is 0 Å². The summed E-state index contributed by atoms with van der Waals surface area (Å²) in [5, 5.41) is 0. The zero-order valence-corrected chi connectivity index (χ0v) is 11.4. The van der Waals surface area contributed by atoms with Crippen LogP contribution in [0, 0.1) is 6.92 Å². The maximum absolute atomic E-state index is 5.80. The summed E-state index contributed by atoms with van der Waals surface area (Å²) in [5.41, 5.74) is 7.65. The molecule has 0 spiro atoms. The Kier molecular flexibility index (Phi) is 4.55. The minimum Gasteiger partial charge on any atom is -0.477 e. The largest absolute Gasteiger partial charge is 0.477 e. The van der Waals surface area contributed by atoms with E-state index in [1.165, 1.54) is 19.4 Å². The third-order valence-corrected chi connectivity index (χ3v) is 3.66. The van der Waals surface area contributed by atoms with Crippen LogP contribution in [-0.2, 0) is 6.54 Å². The first-order valence-corrected chi connectivity index (χ1v) is 6.70. The van der Waals surface area contributed by atoms with Gasteiger partial charge in [0.15, 0.2) is 0 Å². The van der Waals surface area contributed by atoms with Crippen molar-refractivity contribution in [2.45, 2.75) is 38.8 Å². The topological polar surface area (TPSA) is 51.4 Å². The number of ether oxygens (including phenoxy) is 1. The van der Waals surface area contributed by atoms with Gasteiger partial charge in [0.2, 0.25) is 5.88 Å². The Balaban J connectivity index is 1.87. The van der Waals surface area contributed by atoms with Gasteiger partial charge in [-0.15, -0.1) is 0 Å². The lowest BCUT2D eigenvalue weighted by molar-refractivity contribution is 0.227. The third kappa shape index (κ3) is 3.21. The standard InChI is InChI=1S/C14H23N3O/c1-11-5-6-12(10-15)14(16-11)18-9-7-13-4-3-8-17(13)2/h5-6,13H,3-4,7-10,15H2,1-2H3. The molecule has 0 aliphatic carbocycles. The number of aryl methyl sites for hydroxylation is 1. The average molecular weight is 249 g/mol. The third-order valence-electron chi connectivity index (χ3n) is 3.66. The van der Waals surface area contributed by atoms with Gasteiger partial charge in [-0.1, -0.05) is 6.07 Å². The molecule has 1 aromatic rings. The van der Waals surface area contributed by atoms with E-state index in [-0.39, 0.29) is 0 Å². The van der Waals surface area contributed by atoms with Crippen LogP contribution in [0.3, 0.4) is 0 Å². The van der Waals surface area contributed by atoms with Crippen LogP contribution in [0.15, 0.2) is 12.1 Å². The van der Waals surface area contributed by atoms with Crippen molar-refractivity contribution in [2.75, 3.05) is 20.2 Å². The van der Waals surface area contributed by atoms with Crippen molar-refractivity contribution in [1.82, 2.24) is 9.88 Å². The Morgan fingerprint density at radius 2 is 2.33 bits per heavy atom. The number of likely N-dealkylation sites (tertiary alicyclic amines) is 1. The lowest BCUT2D eigenvalue weighted by Crippen LogP contribution is -2.26. The molecule has 4 heteroatoms. The Morgan fingerprint density at radius 1 is 1.50 bits per heavy atom. The first-order valence-electron chi connectivity index (χ1n) is 6.70. The normalized spacial score (nSPS) is 20.3. The molecule has 1 unspecified atom stereocenters. The summed E-state index contributed by atoms with van der Waals surface area (Å²) >= 11 is 0. The van der Waals surface area contributed by atoms with Crippen LogP contribution in [-0.4, -0.2) is 36.1 Å². The number of nitrogens with zero attached hydrogens (tertiary/aromatic N) is 2. The van der Waals surface area contributed by atoms with Crippen LogP contribution >= 0.6 is 0 Å². The summed E-state index contributed by atoms with van der Waals surface area (Å²) in [6.45, 7) is 4.38. The molecular formula is C14H23N3O. The van der Waals surface area contributed by atoms with Crippen molar-refractivity contribution in [3.63, 3.8) is 0 Å². The number of pyridine rings is 1. The number of hydrogen-bond donors (Lipinski definition) is 1. The quantitative estimate of drug-likeness (QED) is 0.863. The predicted octanol–water partition coefficient (Wildman–Crippen LogP) is 1.71. The van der Waals surface area contributed by atoms with E-state index in [0.717, 1.165) is 24.3 Å². The van der Waals surface area contributed by atoms with Gasteiger partial charge in [0.05, 0.1) is 6.61 Å². The highest BCUT2D eigenvalue weighted by molar-refractivity contribution is 5.27. The van der Waals surface area contributed by atoms with Gasteiger partial charge in [0.25, 0.3) is 0 Å². The van der Waals surface area contributed by atoms with Crippen molar-refractivity contribution < 1.29 is 4.74 Å². The zero-order valence-electron chi connectivity index (χ0n) is 11.4. The number of rotatable bonds is 5. The first-order chi connectivity index (χ1) is 8.70. The van der Waals surface area contributed by atoms with Gasteiger partial charge in [-0.05, 0) is 45.8 Å². The van der Waals surface area contributed by atoms with Gasteiger partial charge in [0.1, 0.15) is 0 Å². The summed E-state index contributed by atoms with van der Waals surface area (Å²) in [5.74, 6) is 0.707. The zero-order chi connectivity index (χ0) is 13.0. The second-order valence-electron chi connectivity index (χ2n) is 5.03. The maximum Gasteiger partial charge on any atom is 0.218 e. The molecule has 0 amide bonds. The van der Waals surface area contributed by atoms with Gasteiger partial charge in [-0.2, -0.15) is 0 Å². The van der Waals surface area contributed by atoms with E-state index >= 15 is 0 Å². The van der Waals surface area contributed by atoms with Crippen molar-refractivity contribution in [2.24, 2.45) is 5.73 Å². The summed E-state index contributed by atoms with van der Waals surface area (Å²) in [6.07, 6.45) is 3.65. The molecule has 2 N–H and O–H groups in total. The smallest absolute Gasteiger partial charge is 0.218 e. The molecule has 1 aliphatic heterocycles. The van der Waals surface area contributed by atoms with Gasteiger partial charge in [-0.25, -0.2) is 4.98 Å². The van der Waals surface area contributed by atoms with E-state index in [2.05, 4.69) is 16.9 Å². The highest BCUT2D eigenvalue weighted by atomic mass is 16.5. The molecule has 1 aromatic heterocycles. The summed E-state index contributed by atoms with van der Waals surface area (Å²) in [7, 11) is 2.19. The number of hydrogen-bond acceptors (Lipinski definition) is 4. The van der Waals surface area contributed by atoms with E-state index in [1.807, 2.05) is 19.1 Å². The monoisotopic (exact) mass is 249 g/mol. The second-order valence-corrected chi connectivity index (χ2v) is 5.03. The fourth-order valence-electron chi connectivity index (χ4n) is 2.48. The molecule has 1 saturated heterocycles. The van der Waals surface area contributed by atoms with Gasteiger partial charge >= 0.3 is 0 Å². The molecule has 18 heavy (non-hydrogen) atoms.